The molecule has 386 valence electrons. The fourth-order valence-corrected chi connectivity index (χ4v) is 7.65. The van der Waals surface area contributed by atoms with Gasteiger partial charge in [0.05, 0.1) is 0 Å². The Morgan fingerprint density at radius 2 is 0.338 bits per heavy atom. The summed E-state index contributed by atoms with van der Waals surface area (Å²) in [6, 6.07) is 62.0. The third kappa shape index (κ3) is 21.4. The molecule has 7 aromatic rings. The lowest BCUT2D eigenvalue weighted by molar-refractivity contribution is 0.590. The molecule has 0 amide bonds. The van der Waals surface area contributed by atoms with Gasteiger partial charge in [0.25, 0.3) is 0 Å². The average Bonchev–Trinajstić information content (AvgIpc) is 3.41. The van der Waals surface area contributed by atoms with E-state index in [-0.39, 0.29) is 16.2 Å². The molecule has 0 nitrogen and oxygen atoms in total. The van der Waals surface area contributed by atoms with Crippen LogP contribution in [-0.4, -0.2) is 0 Å². The molecule has 0 bridgehead atoms. The van der Waals surface area contributed by atoms with Gasteiger partial charge >= 0.3 is 0 Å². The monoisotopic (exact) mass is 955 g/mol. The zero-order chi connectivity index (χ0) is 54.4. The Morgan fingerprint density at radius 1 is 0.197 bits per heavy atom. The fraction of sp³-hybridized carbons (Fsp3) is 0.408. The van der Waals surface area contributed by atoms with Crippen molar-refractivity contribution in [3.63, 3.8) is 0 Å². The molecule has 0 aliphatic rings. The lowest BCUT2D eigenvalue weighted by atomic mass is 9.86. The number of hydrogen-bond acceptors (Lipinski definition) is 0. The lowest BCUT2D eigenvalue weighted by Gasteiger charge is -2.19. The Kier molecular flexibility index (Phi) is 31.4. The second kappa shape index (κ2) is 34.0. The molecule has 0 aliphatic carbocycles. The Hall–Kier alpha value is -5.46. The molecule has 0 atom stereocenters. The summed E-state index contributed by atoms with van der Waals surface area (Å²) in [5.41, 5.74) is 20.0. The molecule has 0 radical (unpaired) electrons. The molecule has 0 aromatic heterocycles. The van der Waals surface area contributed by atoms with Gasteiger partial charge in [0, 0.05) is 0 Å². The van der Waals surface area contributed by atoms with E-state index in [4.69, 9.17) is 0 Å². The second-order valence-electron chi connectivity index (χ2n) is 19.3. The highest BCUT2D eigenvalue weighted by Crippen LogP contribution is 2.35. The predicted molar refractivity (Wildman–Crippen MR) is 326 cm³/mol. The first-order valence-electron chi connectivity index (χ1n) is 27.8. The Balaban J connectivity index is 0.00000322. The normalized spacial score (nSPS) is 10.4. The molecular formula is C71H102. The first-order valence-corrected chi connectivity index (χ1v) is 27.8. The summed E-state index contributed by atoms with van der Waals surface area (Å²) in [4.78, 5) is 0. The third-order valence-corrected chi connectivity index (χ3v) is 11.5. The minimum absolute atomic E-state index is 0.162. The van der Waals surface area contributed by atoms with Crippen molar-refractivity contribution in [3.8, 4) is 33.4 Å². The minimum atomic E-state index is 0.162. The smallest absolute Gasteiger partial charge is 0.00258 e. The molecule has 0 heterocycles. The predicted octanol–water partition coefficient (Wildman–Crippen LogP) is 22.5. The molecule has 0 fully saturated rings. The number of hydrogen-bond donors (Lipinski definition) is 0. The van der Waals surface area contributed by atoms with Crippen LogP contribution in [0.2, 0.25) is 0 Å². The van der Waals surface area contributed by atoms with E-state index in [9.17, 15) is 0 Å². The van der Waals surface area contributed by atoms with Crippen LogP contribution in [0.15, 0.2) is 164 Å². The second-order valence-corrected chi connectivity index (χ2v) is 19.3. The van der Waals surface area contributed by atoms with E-state index >= 15 is 0 Å². The van der Waals surface area contributed by atoms with E-state index in [0.29, 0.717) is 0 Å². The minimum Gasteiger partial charge on any atom is -0.0683 e. The van der Waals surface area contributed by atoms with Gasteiger partial charge in [-0.15, -0.1) is 0 Å². The molecule has 0 saturated heterocycles. The summed E-state index contributed by atoms with van der Waals surface area (Å²) in [6.45, 7) is 48.4. The van der Waals surface area contributed by atoms with Gasteiger partial charge in [0.1, 0.15) is 0 Å². The van der Waals surface area contributed by atoms with Crippen molar-refractivity contribution < 1.29 is 0 Å². The third-order valence-electron chi connectivity index (χ3n) is 11.5. The van der Waals surface area contributed by atoms with Crippen molar-refractivity contribution in [3.05, 3.63) is 214 Å². The van der Waals surface area contributed by atoms with E-state index in [1.165, 1.54) is 83.5 Å². The Labute approximate surface area is 439 Å². The van der Waals surface area contributed by atoms with E-state index < -0.39 is 0 Å². The van der Waals surface area contributed by atoms with Crippen LogP contribution in [0.3, 0.4) is 0 Å². The highest BCUT2D eigenvalue weighted by atomic mass is 14.2. The van der Waals surface area contributed by atoms with Crippen molar-refractivity contribution in [2.75, 3.05) is 0 Å². The van der Waals surface area contributed by atoms with Crippen molar-refractivity contribution in [2.45, 2.75) is 195 Å². The molecule has 0 unspecified atom stereocenters. The van der Waals surface area contributed by atoms with Crippen LogP contribution in [0.5, 0.6) is 0 Å². The van der Waals surface area contributed by atoms with Gasteiger partial charge in [-0.1, -0.05) is 305 Å². The molecule has 7 rings (SSSR count). The zero-order valence-electron chi connectivity index (χ0n) is 49.7. The summed E-state index contributed by atoms with van der Waals surface area (Å²) >= 11 is 0. The lowest BCUT2D eigenvalue weighted by Crippen LogP contribution is -2.10. The highest BCUT2D eigenvalue weighted by molar-refractivity contribution is 5.81. The molecule has 0 heteroatoms. The fourth-order valence-electron chi connectivity index (χ4n) is 7.65. The first kappa shape index (κ1) is 65.5. The van der Waals surface area contributed by atoms with E-state index in [2.05, 4.69) is 226 Å². The molecule has 71 heavy (non-hydrogen) atoms. The number of benzene rings is 7. The summed E-state index contributed by atoms with van der Waals surface area (Å²) in [5, 5.41) is 0. The van der Waals surface area contributed by atoms with Gasteiger partial charge in [0.2, 0.25) is 0 Å². The van der Waals surface area contributed by atoms with Crippen molar-refractivity contribution in [2.24, 2.45) is 0 Å². The van der Waals surface area contributed by atoms with Gasteiger partial charge in [-0.3, -0.25) is 0 Å². The molecular weight excluding hydrogens is 853 g/mol. The number of rotatable bonds is 9. The molecule has 0 saturated carbocycles. The summed E-state index contributed by atoms with van der Waals surface area (Å²) < 4.78 is 0. The molecule has 0 aliphatic heterocycles. The van der Waals surface area contributed by atoms with Crippen LogP contribution < -0.4 is 0 Å². The highest BCUT2D eigenvalue weighted by Gasteiger charge is 2.16. The van der Waals surface area contributed by atoms with Gasteiger partial charge < -0.3 is 0 Å². The molecule has 0 N–H and O–H groups in total. The molecule has 0 spiro atoms. The van der Waals surface area contributed by atoms with E-state index in [1.807, 2.05) is 96.9 Å². The maximum atomic E-state index is 2.36. The standard InChI is InChI=1S/C57H60.7C2H6/c1-55(2,3)52-28-16-43(17-29-52)34-40-10-22-46(23-11-40)49-37-50(47-24-12-41(13-25-47)35-44-18-30-53(31-19-44)56(4,5)6)39-51(38-49)48-26-14-42(15-27-48)36-45-20-32-54(33-21-45)57(7,8)9;7*1-2/h10-33,37-39H,34-36H2,1-9H3;7*1-2H3. The van der Waals surface area contributed by atoms with Crippen LogP contribution in [0.1, 0.15) is 209 Å². The van der Waals surface area contributed by atoms with Crippen LogP contribution in [0, 0.1) is 0 Å². The molecule has 7 aromatic carbocycles. The van der Waals surface area contributed by atoms with Crippen LogP contribution in [-0.2, 0) is 35.5 Å². The van der Waals surface area contributed by atoms with Gasteiger partial charge in [-0.25, -0.2) is 0 Å². The Bertz CT molecular complexity index is 2090. The summed E-state index contributed by atoms with van der Waals surface area (Å²) in [5.74, 6) is 0. The van der Waals surface area contributed by atoms with Crippen LogP contribution in [0.25, 0.3) is 33.4 Å². The average molecular weight is 956 g/mol. The van der Waals surface area contributed by atoms with E-state index in [0.717, 1.165) is 19.3 Å². The van der Waals surface area contributed by atoms with Crippen molar-refractivity contribution in [1.82, 2.24) is 0 Å². The topological polar surface area (TPSA) is 0 Å². The van der Waals surface area contributed by atoms with E-state index in [1.54, 1.807) is 0 Å². The van der Waals surface area contributed by atoms with Gasteiger partial charge in [-0.2, -0.15) is 0 Å². The van der Waals surface area contributed by atoms with Crippen LogP contribution >= 0.6 is 0 Å². The Morgan fingerprint density at radius 3 is 0.479 bits per heavy atom. The first-order chi connectivity index (χ1) is 34.1. The van der Waals surface area contributed by atoms with Gasteiger partial charge in [-0.05, 0) is 137 Å². The van der Waals surface area contributed by atoms with Gasteiger partial charge in [0.15, 0.2) is 0 Å². The maximum absolute atomic E-state index is 2.36. The quantitative estimate of drug-likeness (QED) is 0.135. The largest absolute Gasteiger partial charge is 0.0683 e. The van der Waals surface area contributed by atoms with Crippen molar-refractivity contribution >= 4 is 0 Å². The van der Waals surface area contributed by atoms with Crippen LogP contribution in [0.4, 0.5) is 0 Å². The SMILES string of the molecule is CC.CC.CC.CC.CC.CC.CC.CC(C)(C)c1ccc(Cc2ccc(-c3cc(-c4ccc(Cc5ccc(C(C)(C)C)cc5)cc4)cc(-c4ccc(Cc5ccc(C(C)(C)C)cc5)cc4)c3)cc2)cc1. The zero-order valence-corrected chi connectivity index (χ0v) is 49.7. The maximum Gasteiger partial charge on any atom is -0.00258 e. The summed E-state index contributed by atoms with van der Waals surface area (Å²) in [6.07, 6.45) is 2.78. The summed E-state index contributed by atoms with van der Waals surface area (Å²) in [7, 11) is 0. The van der Waals surface area contributed by atoms with Crippen molar-refractivity contribution in [1.29, 1.82) is 0 Å².